The first-order chi connectivity index (χ1) is 9.49. The predicted molar refractivity (Wildman–Crippen MR) is 70.3 cm³/mol. The Hall–Kier alpha value is -2.76. The number of carbonyl (C=O) groups excluding carboxylic acids is 1. The van der Waals surface area contributed by atoms with Crippen LogP contribution in [0, 0.1) is 12.7 Å². The van der Waals surface area contributed by atoms with Crippen LogP contribution < -0.4 is 5.32 Å². The SMILES string of the molecule is Cc1ccc(C(=O)Nc2c(F)cccc2C(=O)O)cn1. The van der Waals surface area contributed by atoms with Crippen LogP contribution in [0.5, 0.6) is 0 Å². The summed E-state index contributed by atoms with van der Waals surface area (Å²) in [7, 11) is 0. The molecule has 0 fully saturated rings. The van der Waals surface area contributed by atoms with E-state index in [1.54, 1.807) is 13.0 Å². The Morgan fingerprint density at radius 1 is 1.25 bits per heavy atom. The van der Waals surface area contributed by atoms with Gasteiger partial charge in [0.2, 0.25) is 0 Å². The topological polar surface area (TPSA) is 79.3 Å². The fourth-order valence-electron chi connectivity index (χ4n) is 1.62. The molecule has 5 nitrogen and oxygen atoms in total. The van der Waals surface area contributed by atoms with E-state index >= 15 is 0 Å². The monoisotopic (exact) mass is 274 g/mol. The molecule has 0 saturated heterocycles. The van der Waals surface area contributed by atoms with Crippen molar-refractivity contribution in [3.05, 3.63) is 59.2 Å². The maximum absolute atomic E-state index is 13.7. The van der Waals surface area contributed by atoms with Crippen molar-refractivity contribution in [2.45, 2.75) is 6.92 Å². The maximum atomic E-state index is 13.7. The normalized spacial score (nSPS) is 10.1. The summed E-state index contributed by atoms with van der Waals surface area (Å²) in [4.78, 5) is 26.9. The number of hydrogen-bond donors (Lipinski definition) is 2. The zero-order chi connectivity index (χ0) is 14.7. The van der Waals surface area contributed by atoms with E-state index < -0.39 is 17.7 Å². The summed E-state index contributed by atoms with van der Waals surface area (Å²) in [6.45, 7) is 1.76. The van der Waals surface area contributed by atoms with Crippen LogP contribution in [0.25, 0.3) is 0 Å². The van der Waals surface area contributed by atoms with Crippen LogP contribution in [-0.2, 0) is 0 Å². The molecule has 1 aromatic heterocycles. The number of benzene rings is 1. The Balaban J connectivity index is 2.32. The minimum Gasteiger partial charge on any atom is -0.478 e. The molecular weight excluding hydrogens is 263 g/mol. The van der Waals surface area contributed by atoms with E-state index in [-0.39, 0.29) is 16.8 Å². The Morgan fingerprint density at radius 2 is 2.00 bits per heavy atom. The second-order valence-electron chi connectivity index (χ2n) is 4.11. The van der Waals surface area contributed by atoms with Gasteiger partial charge in [0, 0.05) is 11.9 Å². The largest absolute Gasteiger partial charge is 0.478 e. The van der Waals surface area contributed by atoms with E-state index in [4.69, 9.17) is 5.11 Å². The van der Waals surface area contributed by atoms with Crippen molar-refractivity contribution in [2.24, 2.45) is 0 Å². The highest BCUT2D eigenvalue weighted by Crippen LogP contribution is 2.20. The smallest absolute Gasteiger partial charge is 0.337 e. The van der Waals surface area contributed by atoms with Crippen LogP contribution in [-0.4, -0.2) is 22.0 Å². The number of rotatable bonds is 3. The van der Waals surface area contributed by atoms with Crippen LogP contribution in [0.15, 0.2) is 36.5 Å². The van der Waals surface area contributed by atoms with Gasteiger partial charge in [-0.3, -0.25) is 9.78 Å². The number of nitrogens with zero attached hydrogens (tertiary/aromatic N) is 1. The molecule has 0 radical (unpaired) electrons. The van der Waals surface area contributed by atoms with Crippen LogP contribution >= 0.6 is 0 Å². The second kappa shape index (κ2) is 5.48. The number of aryl methyl sites for hydroxylation is 1. The van der Waals surface area contributed by atoms with Crippen molar-refractivity contribution in [1.82, 2.24) is 4.98 Å². The van der Waals surface area contributed by atoms with Gasteiger partial charge in [0.15, 0.2) is 0 Å². The number of carboxylic acids is 1. The molecule has 2 rings (SSSR count). The van der Waals surface area contributed by atoms with Gasteiger partial charge in [-0.2, -0.15) is 0 Å². The van der Waals surface area contributed by atoms with Crippen molar-refractivity contribution in [1.29, 1.82) is 0 Å². The number of hydrogen-bond acceptors (Lipinski definition) is 3. The number of amides is 1. The van der Waals surface area contributed by atoms with Gasteiger partial charge in [0.05, 0.1) is 16.8 Å². The molecule has 1 amide bonds. The van der Waals surface area contributed by atoms with E-state index in [2.05, 4.69) is 10.3 Å². The first-order valence-electron chi connectivity index (χ1n) is 5.75. The minimum atomic E-state index is -1.32. The molecule has 0 spiro atoms. The first-order valence-corrected chi connectivity index (χ1v) is 5.75. The molecule has 1 aromatic carbocycles. The molecule has 2 N–H and O–H groups in total. The summed E-state index contributed by atoms with van der Waals surface area (Å²) in [6.07, 6.45) is 1.34. The lowest BCUT2D eigenvalue weighted by Crippen LogP contribution is -2.16. The van der Waals surface area contributed by atoms with Gasteiger partial charge in [0.25, 0.3) is 5.91 Å². The van der Waals surface area contributed by atoms with E-state index in [0.29, 0.717) is 0 Å². The molecule has 1 heterocycles. The van der Waals surface area contributed by atoms with Gasteiger partial charge in [-0.15, -0.1) is 0 Å². The Labute approximate surface area is 114 Å². The van der Waals surface area contributed by atoms with Gasteiger partial charge in [-0.1, -0.05) is 6.07 Å². The Kier molecular flexibility index (Phi) is 3.74. The van der Waals surface area contributed by atoms with Crippen molar-refractivity contribution in [3.8, 4) is 0 Å². The van der Waals surface area contributed by atoms with E-state index in [9.17, 15) is 14.0 Å². The summed E-state index contributed by atoms with van der Waals surface area (Å²) < 4.78 is 13.7. The molecular formula is C14H11FN2O3. The minimum absolute atomic E-state index is 0.218. The van der Waals surface area contributed by atoms with Crippen molar-refractivity contribution in [3.63, 3.8) is 0 Å². The molecule has 0 bridgehead atoms. The lowest BCUT2D eigenvalue weighted by Gasteiger charge is -2.09. The lowest BCUT2D eigenvalue weighted by atomic mass is 10.1. The summed E-state index contributed by atoms with van der Waals surface area (Å²) in [5, 5.41) is 11.2. The fraction of sp³-hybridized carbons (Fsp3) is 0.0714. The molecule has 102 valence electrons. The third-order valence-corrected chi connectivity index (χ3v) is 2.66. The number of anilines is 1. The molecule has 0 aliphatic heterocycles. The summed E-state index contributed by atoms with van der Waals surface area (Å²) in [5.74, 6) is -2.75. The van der Waals surface area contributed by atoms with Crippen molar-refractivity contribution in [2.75, 3.05) is 5.32 Å². The Morgan fingerprint density at radius 3 is 2.60 bits per heavy atom. The number of carbonyl (C=O) groups is 2. The zero-order valence-corrected chi connectivity index (χ0v) is 10.6. The molecule has 0 unspecified atom stereocenters. The van der Waals surface area contributed by atoms with Crippen LogP contribution in [0.3, 0.4) is 0 Å². The average molecular weight is 274 g/mol. The van der Waals surface area contributed by atoms with Crippen molar-refractivity contribution >= 4 is 17.6 Å². The fourth-order valence-corrected chi connectivity index (χ4v) is 1.62. The number of aromatic carboxylic acids is 1. The highest BCUT2D eigenvalue weighted by molar-refractivity contribution is 6.07. The number of halogens is 1. The lowest BCUT2D eigenvalue weighted by molar-refractivity contribution is 0.0697. The number of carboxylic acid groups (broad SMARTS) is 1. The molecule has 6 heteroatoms. The number of nitrogens with one attached hydrogen (secondary N) is 1. The standard InChI is InChI=1S/C14H11FN2O3/c1-8-5-6-9(7-16-8)13(18)17-12-10(14(19)20)3-2-4-11(12)15/h2-7H,1H3,(H,17,18)(H,19,20). The Bertz CT molecular complexity index is 669. The maximum Gasteiger partial charge on any atom is 0.337 e. The third kappa shape index (κ3) is 2.80. The number of para-hydroxylation sites is 1. The van der Waals surface area contributed by atoms with E-state index in [1.807, 2.05) is 0 Å². The van der Waals surface area contributed by atoms with Gasteiger partial charge in [-0.25, -0.2) is 9.18 Å². The molecule has 0 saturated carbocycles. The second-order valence-corrected chi connectivity index (χ2v) is 4.11. The summed E-state index contributed by atoms with van der Waals surface area (Å²) >= 11 is 0. The molecule has 0 atom stereocenters. The van der Waals surface area contributed by atoms with Gasteiger partial charge >= 0.3 is 5.97 Å². The molecule has 20 heavy (non-hydrogen) atoms. The van der Waals surface area contributed by atoms with Gasteiger partial charge < -0.3 is 10.4 Å². The zero-order valence-electron chi connectivity index (χ0n) is 10.6. The molecule has 2 aromatic rings. The molecule has 0 aliphatic carbocycles. The van der Waals surface area contributed by atoms with Crippen LogP contribution in [0.4, 0.5) is 10.1 Å². The van der Waals surface area contributed by atoms with Crippen LogP contribution in [0.2, 0.25) is 0 Å². The van der Waals surface area contributed by atoms with Crippen LogP contribution in [0.1, 0.15) is 26.4 Å². The predicted octanol–water partition coefficient (Wildman–Crippen LogP) is 2.48. The number of pyridine rings is 1. The van der Waals surface area contributed by atoms with Crippen molar-refractivity contribution < 1.29 is 19.1 Å². The van der Waals surface area contributed by atoms with E-state index in [1.165, 1.54) is 24.4 Å². The van der Waals surface area contributed by atoms with E-state index in [0.717, 1.165) is 11.8 Å². The summed E-state index contributed by atoms with van der Waals surface area (Å²) in [6, 6.07) is 6.72. The average Bonchev–Trinajstić information content (AvgIpc) is 2.41. The highest BCUT2D eigenvalue weighted by Gasteiger charge is 2.17. The van der Waals surface area contributed by atoms with Gasteiger partial charge in [0.1, 0.15) is 5.82 Å². The molecule has 0 aliphatic rings. The summed E-state index contributed by atoms with van der Waals surface area (Å²) in [5.41, 5.74) is 0.290. The number of aromatic nitrogens is 1. The quantitative estimate of drug-likeness (QED) is 0.901. The highest BCUT2D eigenvalue weighted by atomic mass is 19.1. The third-order valence-electron chi connectivity index (χ3n) is 2.66. The van der Waals surface area contributed by atoms with Gasteiger partial charge in [-0.05, 0) is 31.2 Å². The first kappa shape index (κ1) is 13.7.